The maximum Gasteiger partial charge on any atom is 0.232 e. The monoisotopic (exact) mass is 364 g/mol. The first-order valence-corrected chi connectivity index (χ1v) is 11.8. The van der Waals surface area contributed by atoms with E-state index in [1.165, 1.54) is 12.3 Å². The van der Waals surface area contributed by atoms with Crippen LogP contribution in [0.2, 0.25) is 17.6 Å². The Morgan fingerprint density at radius 3 is 2.64 bits per heavy atom. The fourth-order valence-electron chi connectivity index (χ4n) is 3.60. The van der Waals surface area contributed by atoms with E-state index in [0.717, 1.165) is 25.3 Å². The number of fused-ring (bicyclic) bond motifs is 1. The Labute approximate surface area is 150 Å². The van der Waals surface area contributed by atoms with Gasteiger partial charge < -0.3 is 9.33 Å². The van der Waals surface area contributed by atoms with E-state index in [1.807, 2.05) is 0 Å². The molecule has 0 N–H and O–H groups in total. The zero-order valence-corrected chi connectivity index (χ0v) is 16.9. The molecule has 1 atom stereocenters. The van der Waals surface area contributed by atoms with Gasteiger partial charge in [-0.2, -0.15) is 0 Å². The molecule has 0 unspecified atom stereocenters. The Hall–Kier alpha value is -1.47. The predicted octanol–water partition coefficient (Wildman–Crippen LogP) is 4.25. The van der Waals surface area contributed by atoms with Gasteiger partial charge in [0.25, 0.3) is 0 Å². The topological polar surface area (TPSA) is 42.7 Å². The minimum Gasteiger partial charge on any atom is -0.414 e. The first-order valence-electron chi connectivity index (χ1n) is 9.24. The Morgan fingerprint density at radius 2 is 1.96 bits per heavy atom. The van der Waals surface area contributed by atoms with Gasteiger partial charge in [0.1, 0.15) is 5.82 Å². The lowest BCUT2D eigenvalue weighted by Crippen LogP contribution is -2.45. The van der Waals surface area contributed by atoms with Crippen LogP contribution in [0.1, 0.15) is 40.5 Å². The summed E-state index contributed by atoms with van der Waals surface area (Å²) in [5.74, 6) is 0.443. The van der Waals surface area contributed by atoms with E-state index < -0.39 is 8.32 Å². The predicted molar refractivity (Wildman–Crippen MR) is 101 cm³/mol. The van der Waals surface area contributed by atoms with Crippen molar-refractivity contribution in [3.05, 3.63) is 24.1 Å². The van der Waals surface area contributed by atoms with Crippen LogP contribution in [0, 0.1) is 5.82 Å². The van der Waals surface area contributed by atoms with Crippen LogP contribution in [0.5, 0.6) is 0 Å². The summed E-state index contributed by atoms with van der Waals surface area (Å²) in [5.41, 5.74) is 1.82. The van der Waals surface area contributed by atoms with E-state index in [2.05, 4.69) is 49.3 Å². The molecule has 1 aliphatic heterocycles. The second-order valence-corrected chi connectivity index (χ2v) is 12.8. The summed E-state index contributed by atoms with van der Waals surface area (Å²) in [4.78, 5) is 2.23. The number of halogens is 1. The van der Waals surface area contributed by atoms with Crippen LogP contribution in [-0.4, -0.2) is 42.1 Å². The molecule has 5 nitrogen and oxygen atoms in total. The summed E-state index contributed by atoms with van der Waals surface area (Å²) in [5, 5.41) is 8.49. The Kier molecular flexibility index (Phi) is 5.15. The second kappa shape index (κ2) is 7.03. The van der Waals surface area contributed by atoms with Crippen LogP contribution in [0.25, 0.3) is 5.65 Å². The van der Waals surface area contributed by atoms with Gasteiger partial charge in [0, 0.05) is 12.7 Å². The number of nitrogens with zero attached hydrogens (tertiary/aromatic N) is 4. The van der Waals surface area contributed by atoms with Gasteiger partial charge >= 0.3 is 0 Å². The van der Waals surface area contributed by atoms with Crippen molar-refractivity contribution in [2.75, 3.05) is 18.1 Å². The number of hydrogen-bond donors (Lipinski definition) is 0. The van der Waals surface area contributed by atoms with Crippen molar-refractivity contribution in [1.82, 2.24) is 14.6 Å². The van der Waals surface area contributed by atoms with Gasteiger partial charge in [-0.15, -0.1) is 10.2 Å². The molecule has 3 rings (SSSR count). The van der Waals surface area contributed by atoms with Crippen LogP contribution in [0.15, 0.2) is 18.3 Å². The third-order valence-electron chi connectivity index (χ3n) is 5.86. The Balaban J connectivity index is 1.79. The summed E-state index contributed by atoms with van der Waals surface area (Å²) in [6.45, 7) is 13.0. The molecule has 25 heavy (non-hydrogen) atoms. The SMILES string of the molecule is CC(C)[Si](C)(OC[C@@H]1CCCN1c1nnc2ccc(F)cn12)C(C)C. The summed E-state index contributed by atoms with van der Waals surface area (Å²) in [6.07, 6.45) is 3.63. The summed E-state index contributed by atoms with van der Waals surface area (Å²) in [6, 6.07) is 3.36. The van der Waals surface area contributed by atoms with Crippen molar-refractivity contribution < 1.29 is 8.82 Å². The molecule has 1 fully saturated rings. The number of anilines is 1. The van der Waals surface area contributed by atoms with Gasteiger partial charge in [-0.1, -0.05) is 27.7 Å². The van der Waals surface area contributed by atoms with Crippen molar-refractivity contribution in [3.63, 3.8) is 0 Å². The zero-order valence-electron chi connectivity index (χ0n) is 15.9. The molecule has 0 aliphatic carbocycles. The molecular weight excluding hydrogens is 335 g/mol. The van der Waals surface area contributed by atoms with Gasteiger partial charge in [-0.25, -0.2) is 4.39 Å². The highest BCUT2D eigenvalue weighted by Crippen LogP contribution is 2.34. The lowest BCUT2D eigenvalue weighted by atomic mass is 10.2. The van der Waals surface area contributed by atoms with Crippen LogP contribution in [-0.2, 0) is 4.43 Å². The van der Waals surface area contributed by atoms with Crippen LogP contribution < -0.4 is 4.90 Å². The lowest BCUT2D eigenvalue weighted by molar-refractivity contribution is 0.263. The molecule has 7 heteroatoms. The van der Waals surface area contributed by atoms with Crippen LogP contribution in [0.3, 0.4) is 0 Å². The average molecular weight is 365 g/mol. The minimum atomic E-state index is -1.78. The smallest absolute Gasteiger partial charge is 0.232 e. The molecule has 1 saturated heterocycles. The van der Waals surface area contributed by atoms with E-state index in [9.17, 15) is 4.39 Å². The third kappa shape index (κ3) is 3.44. The number of hydrogen-bond acceptors (Lipinski definition) is 4. The highest BCUT2D eigenvalue weighted by atomic mass is 28.4. The Morgan fingerprint density at radius 1 is 1.24 bits per heavy atom. The van der Waals surface area contributed by atoms with Gasteiger partial charge in [-0.05, 0) is 42.6 Å². The van der Waals surface area contributed by atoms with Gasteiger partial charge in [0.2, 0.25) is 5.95 Å². The summed E-state index contributed by atoms with van der Waals surface area (Å²) in [7, 11) is -1.78. The van der Waals surface area contributed by atoms with Crippen molar-refractivity contribution in [2.45, 2.75) is 64.2 Å². The molecule has 0 bridgehead atoms. The molecule has 0 aromatic carbocycles. The highest BCUT2D eigenvalue weighted by molar-refractivity contribution is 6.75. The lowest BCUT2D eigenvalue weighted by Gasteiger charge is -2.37. The van der Waals surface area contributed by atoms with E-state index in [0.29, 0.717) is 23.3 Å². The van der Waals surface area contributed by atoms with Crippen molar-refractivity contribution in [3.8, 4) is 0 Å². The van der Waals surface area contributed by atoms with Crippen LogP contribution >= 0.6 is 0 Å². The third-order valence-corrected chi connectivity index (χ3v) is 11.2. The largest absolute Gasteiger partial charge is 0.414 e. The summed E-state index contributed by atoms with van der Waals surface area (Å²) < 4.78 is 22.0. The van der Waals surface area contributed by atoms with Crippen molar-refractivity contribution in [1.29, 1.82) is 0 Å². The highest BCUT2D eigenvalue weighted by Gasteiger charge is 2.39. The first-order chi connectivity index (χ1) is 11.8. The average Bonchev–Trinajstić information content (AvgIpc) is 3.17. The molecule has 1 aliphatic rings. The molecule has 0 amide bonds. The number of aromatic nitrogens is 3. The molecule has 3 heterocycles. The van der Waals surface area contributed by atoms with E-state index in [-0.39, 0.29) is 11.9 Å². The molecule has 2 aromatic heterocycles. The maximum atomic E-state index is 13.6. The van der Waals surface area contributed by atoms with E-state index in [4.69, 9.17) is 4.43 Å². The fraction of sp³-hybridized carbons (Fsp3) is 0.667. The van der Waals surface area contributed by atoms with Gasteiger partial charge in [0.15, 0.2) is 14.0 Å². The molecule has 138 valence electrons. The van der Waals surface area contributed by atoms with Crippen molar-refractivity contribution >= 4 is 19.9 Å². The molecule has 0 saturated carbocycles. The fourth-order valence-corrected chi connectivity index (χ4v) is 6.15. The summed E-state index contributed by atoms with van der Waals surface area (Å²) >= 11 is 0. The van der Waals surface area contributed by atoms with E-state index >= 15 is 0 Å². The van der Waals surface area contributed by atoms with E-state index in [1.54, 1.807) is 10.5 Å². The molecular formula is C18H29FN4OSi. The standard InChI is InChI=1S/C18H29FN4OSi/c1-13(2)25(5,14(3)4)24-12-16-7-6-10-22(16)18-21-20-17-9-8-15(19)11-23(17)18/h8-9,11,13-14,16H,6-7,10,12H2,1-5H3/t16-/m0/s1. The normalized spacial score (nSPS) is 18.9. The number of rotatable bonds is 6. The molecule has 0 radical (unpaired) electrons. The van der Waals surface area contributed by atoms with Gasteiger partial charge in [-0.3, -0.25) is 4.40 Å². The van der Waals surface area contributed by atoms with Gasteiger partial charge in [0.05, 0.1) is 12.6 Å². The van der Waals surface area contributed by atoms with Crippen LogP contribution in [0.4, 0.5) is 10.3 Å². The number of pyridine rings is 1. The Bertz CT molecular complexity index is 725. The second-order valence-electron chi connectivity index (χ2n) is 7.87. The molecule has 0 spiro atoms. The maximum absolute atomic E-state index is 13.6. The minimum absolute atomic E-state index is 0.278. The first kappa shape index (κ1) is 18.3. The molecule has 2 aromatic rings. The zero-order chi connectivity index (χ0) is 18.2. The van der Waals surface area contributed by atoms with Crippen molar-refractivity contribution in [2.24, 2.45) is 0 Å². The quantitative estimate of drug-likeness (QED) is 0.719.